The van der Waals surface area contributed by atoms with Gasteiger partial charge in [0.05, 0.1) is 18.8 Å². The van der Waals surface area contributed by atoms with Crippen LogP contribution in [0.3, 0.4) is 0 Å². The average molecular weight is 476 g/mol. The SMILES string of the molecule is CC(C)NCCN(C(=O)CNCC(=O)N(C)N1Cc2ccccc2C1)c1cc(Cl)ccc1F. The number of nitrogens with one attached hydrogen (secondary N) is 2. The average Bonchev–Trinajstić information content (AvgIpc) is 3.22. The van der Waals surface area contributed by atoms with Crippen molar-refractivity contribution in [1.29, 1.82) is 0 Å². The van der Waals surface area contributed by atoms with E-state index in [0.29, 0.717) is 24.7 Å². The lowest BCUT2D eigenvalue weighted by Gasteiger charge is -2.28. The number of anilines is 1. The van der Waals surface area contributed by atoms with Gasteiger partial charge >= 0.3 is 0 Å². The molecule has 2 amide bonds. The highest BCUT2D eigenvalue weighted by Crippen LogP contribution is 2.24. The highest BCUT2D eigenvalue weighted by molar-refractivity contribution is 6.30. The van der Waals surface area contributed by atoms with Crippen LogP contribution in [-0.2, 0) is 22.7 Å². The minimum Gasteiger partial charge on any atom is -0.313 e. The highest BCUT2D eigenvalue weighted by Gasteiger charge is 2.25. The number of nitrogens with zero attached hydrogens (tertiary/aromatic N) is 3. The number of carbonyl (C=O) groups is 2. The Morgan fingerprint density at radius 1 is 1.09 bits per heavy atom. The van der Waals surface area contributed by atoms with E-state index in [2.05, 4.69) is 22.8 Å². The molecule has 0 unspecified atom stereocenters. The Kier molecular flexibility index (Phi) is 8.80. The van der Waals surface area contributed by atoms with E-state index in [-0.39, 0.29) is 43.2 Å². The number of hydrazine groups is 1. The Balaban J connectivity index is 1.55. The van der Waals surface area contributed by atoms with Gasteiger partial charge in [-0.15, -0.1) is 0 Å². The number of hydrogen-bond donors (Lipinski definition) is 2. The van der Waals surface area contributed by atoms with E-state index in [9.17, 15) is 14.0 Å². The molecule has 178 valence electrons. The Morgan fingerprint density at radius 2 is 1.73 bits per heavy atom. The summed E-state index contributed by atoms with van der Waals surface area (Å²) in [6.07, 6.45) is 0. The summed E-state index contributed by atoms with van der Waals surface area (Å²) >= 11 is 6.04. The molecule has 0 radical (unpaired) electrons. The maximum absolute atomic E-state index is 14.4. The smallest absolute Gasteiger partial charge is 0.250 e. The molecule has 1 aliphatic heterocycles. The second kappa shape index (κ2) is 11.6. The van der Waals surface area contributed by atoms with Crippen LogP contribution in [0, 0.1) is 5.82 Å². The van der Waals surface area contributed by atoms with Crippen molar-refractivity contribution in [2.75, 3.05) is 38.1 Å². The molecule has 0 aromatic heterocycles. The summed E-state index contributed by atoms with van der Waals surface area (Å²) in [5.74, 6) is -1.02. The van der Waals surface area contributed by atoms with Crippen molar-refractivity contribution in [2.45, 2.75) is 33.0 Å². The van der Waals surface area contributed by atoms with Gasteiger partial charge in [-0.2, -0.15) is 0 Å². The second-order valence-corrected chi connectivity index (χ2v) is 8.80. The fraction of sp³-hybridized carbons (Fsp3) is 0.417. The van der Waals surface area contributed by atoms with Crippen LogP contribution in [-0.4, -0.2) is 61.1 Å². The molecule has 2 N–H and O–H groups in total. The van der Waals surface area contributed by atoms with Gasteiger partial charge in [0, 0.05) is 44.3 Å². The number of carbonyl (C=O) groups excluding carboxylic acids is 2. The van der Waals surface area contributed by atoms with Crippen molar-refractivity contribution in [3.63, 3.8) is 0 Å². The summed E-state index contributed by atoms with van der Waals surface area (Å²) in [5, 5.41) is 10.0. The van der Waals surface area contributed by atoms with E-state index in [1.54, 1.807) is 12.1 Å². The van der Waals surface area contributed by atoms with Crippen LogP contribution >= 0.6 is 11.6 Å². The normalized spacial score (nSPS) is 13.3. The molecule has 2 aromatic rings. The Hall–Kier alpha value is -2.52. The largest absolute Gasteiger partial charge is 0.313 e. The molecule has 1 aliphatic rings. The zero-order valence-electron chi connectivity index (χ0n) is 19.3. The first-order valence-corrected chi connectivity index (χ1v) is 11.4. The molecular formula is C24H31ClFN5O2. The number of rotatable bonds is 10. The van der Waals surface area contributed by atoms with E-state index >= 15 is 0 Å². The number of halogens is 2. The van der Waals surface area contributed by atoms with Crippen molar-refractivity contribution in [3.8, 4) is 0 Å². The lowest BCUT2D eigenvalue weighted by molar-refractivity contribution is -0.145. The summed E-state index contributed by atoms with van der Waals surface area (Å²) in [5.41, 5.74) is 2.53. The first-order valence-electron chi connectivity index (χ1n) is 11.0. The van der Waals surface area contributed by atoms with E-state index in [0.717, 1.165) is 0 Å². The molecule has 3 rings (SSSR count). The van der Waals surface area contributed by atoms with Crippen molar-refractivity contribution in [2.24, 2.45) is 0 Å². The molecule has 0 saturated carbocycles. The topological polar surface area (TPSA) is 67.9 Å². The molecule has 0 atom stereocenters. The maximum atomic E-state index is 14.4. The van der Waals surface area contributed by atoms with Crippen LogP contribution in [0.5, 0.6) is 0 Å². The summed E-state index contributed by atoms with van der Waals surface area (Å²) in [6, 6.07) is 12.4. The Labute approximate surface area is 199 Å². The second-order valence-electron chi connectivity index (χ2n) is 8.36. The minimum atomic E-state index is -0.526. The summed E-state index contributed by atoms with van der Waals surface area (Å²) in [7, 11) is 1.73. The third-order valence-electron chi connectivity index (χ3n) is 5.55. The van der Waals surface area contributed by atoms with Crippen molar-refractivity contribution in [3.05, 3.63) is 64.4 Å². The standard InChI is InChI=1S/C24H31ClFN5O2/c1-17(2)28-10-11-31(22-12-20(25)8-9-21(22)26)24(33)14-27-13-23(32)29(3)30-15-18-6-4-5-7-19(18)16-30/h4-9,12,17,27-28H,10-11,13-16H2,1-3H3. The fourth-order valence-electron chi connectivity index (χ4n) is 3.71. The van der Waals surface area contributed by atoms with Gasteiger partial charge in [0.15, 0.2) is 0 Å². The monoisotopic (exact) mass is 475 g/mol. The van der Waals surface area contributed by atoms with E-state index in [1.807, 2.05) is 31.0 Å². The summed E-state index contributed by atoms with van der Waals surface area (Å²) in [4.78, 5) is 26.9. The molecule has 0 saturated heterocycles. The molecule has 1 heterocycles. The molecule has 0 bridgehead atoms. The Bertz CT molecular complexity index is 962. The van der Waals surface area contributed by atoms with Gasteiger partial charge in [0.25, 0.3) is 5.91 Å². The van der Waals surface area contributed by atoms with Crippen molar-refractivity contribution >= 4 is 29.1 Å². The lowest BCUT2D eigenvalue weighted by atomic mass is 10.1. The quantitative estimate of drug-likeness (QED) is 0.553. The van der Waals surface area contributed by atoms with Crippen LogP contribution in [0.4, 0.5) is 10.1 Å². The van der Waals surface area contributed by atoms with Gasteiger partial charge in [-0.1, -0.05) is 49.7 Å². The van der Waals surface area contributed by atoms with Crippen LogP contribution in [0.2, 0.25) is 5.02 Å². The minimum absolute atomic E-state index is 0.00873. The zero-order valence-corrected chi connectivity index (χ0v) is 20.0. The zero-order chi connectivity index (χ0) is 24.0. The number of likely N-dealkylation sites (N-methyl/N-ethyl adjacent to an activating group) is 1. The molecule has 0 fully saturated rings. The maximum Gasteiger partial charge on any atom is 0.250 e. The third-order valence-corrected chi connectivity index (χ3v) is 5.78. The van der Waals surface area contributed by atoms with Gasteiger partial charge in [-0.3, -0.25) is 19.9 Å². The molecule has 33 heavy (non-hydrogen) atoms. The first-order chi connectivity index (χ1) is 15.8. The summed E-state index contributed by atoms with van der Waals surface area (Å²) < 4.78 is 14.4. The molecule has 9 heteroatoms. The predicted octanol–water partition coefficient (Wildman–Crippen LogP) is 2.79. The van der Waals surface area contributed by atoms with Gasteiger partial charge in [-0.25, -0.2) is 9.40 Å². The predicted molar refractivity (Wildman–Crippen MR) is 128 cm³/mol. The van der Waals surface area contributed by atoms with Gasteiger partial charge in [-0.05, 0) is 29.3 Å². The number of benzene rings is 2. The van der Waals surface area contributed by atoms with Gasteiger partial charge in [0.2, 0.25) is 5.91 Å². The third kappa shape index (κ3) is 6.74. The molecule has 0 spiro atoms. The van der Waals surface area contributed by atoms with Crippen LogP contribution in [0.1, 0.15) is 25.0 Å². The Morgan fingerprint density at radius 3 is 2.36 bits per heavy atom. The van der Waals surface area contributed by atoms with E-state index < -0.39 is 5.82 Å². The van der Waals surface area contributed by atoms with Crippen molar-refractivity contribution < 1.29 is 14.0 Å². The molecule has 0 aliphatic carbocycles. The fourth-order valence-corrected chi connectivity index (χ4v) is 3.87. The van der Waals surface area contributed by atoms with Crippen molar-refractivity contribution in [1.82, 2.24) is 20.7 Å². The highest BCUT2D eigenvalue weighted by atomic mass is 35.5. The number of amides is 2. The van der Waals surface area contributed by atoms with Gasteiger partial charge in [0.1, 0.15) is 5.82 Å². The molecular weight excluding hydrogens is 445 g/mol. The number of fused-ring (bicyclic) bond motifs is 1. The first kappa shape index (κ1) is 25.1. The van der Waals surface area contributed by atoms with E-state index in [4.69, 9.17) is 11.6 Å². The van der Waals surface area contributed by atoms with Crippen LogP contribution in [0.25, 0.3) is 0 Å². The summed E-state index contributed by atoms with van der Waals surface area (Å²) in [6.45, 7) is 5.98. The van der Waals surface area contributed by atoms with E-state index in [1.165, 1.54) is 34.2 Å². The van der Waals surface area contributed by atoms with Gasteiger partial charge < -0.3 is 10.2 Å². The number of hydrogen-bond acceptors (Lipinski definition) is 5. The molecule has 7 nitrogen and oxygen atoms in total. The van der Waals surface area contributed by atoms with Crippen LogP contribution < -0.4 is 15.5 Å². The molecule has 2 aromatic carbocycles. The van der Waals surface area contributed by atoms with Crippen LogP contribution in [0.15, 0.2) is 42.5 Å². The lowest BCUT2D eigenvalue weighted by Crippen LogP contribution is -2.47.